The van der Waals surface area contributed by atoms with Crippen LogP contribution in [0, 0.1) is 5.92 Å². The van der Waals surface area contributed by atoms with Crippen molar-refractivity contribution < 1.29 is 27.4 Å². The van der Waals surface area contributed by atoms with E-state index in [1.54, 1.807) is 23.6 Å². The highest BCUT2D eigenvalue weighted by molar-refractivity contribution is 7.89. The van der Waals surface area contributed by atoms with Crippen LogP contribution >= 0.6 is 11.3 Å². The van der Waals surface area contributed by atoms with Gasteiger partial charge in [0.1, 0.15) is 0 Å². The quantitative estimate of drug-likeness (QED) is 0.397. The van der Waals surface area contributed by atoms with Crippen molar-refractivity contribution in [2.45, 2.75) is 95.4 Å². The second-order valence-corrected chi connectivity index (χ2v) is 14.6. The van der Waals surface area contributed by atoms with Crippen molar-refractivity contribution in [3.63, 3.8) is 0 Å². The molecule has 1 aromatic heterocycles. The van der Waals surface area contributed by atoms with Crippen molar-refractivity contribution in [1.29, 1.82) is 0 Å². The molecule has 2 N–H and O–H groups in total. The number of thiazole rings is 1. The van der Waals surface area contributed by atoms with E-state index in [0.29, 0.717) is 37.9 Å². The lowest BCUT2D eigenvalue weighted by atomic mass is 9.86. The number of carbonyl (C=O) groups excluding carboxylic acids is 1. The number of ether oxygens (including phenoxy) is 3. The lowest BCUT2D eigenvalue weighted by Gasteiger charge is -2.30. The number of alkyl carbamates (subject to hydrolysis) is 1. The molecule has 2 aliphatic rings. The summed E-state index contributed by atoms with van der Waals surface area (Å²) in [4.78, 5) is 17.8. The summed E-state index contributed by atoms with van der Waals surface area (Å²) < 4.78 is 45.9. The molecule has 4 rings (SSSR count). The fourth-order valence-corrected chi connectivity index (χ4v) is 7.55. The minimum atomic E-state index is -3.79. The molecule has 1 aromatic carbocycles. The predicted octanol–water partition coefficient (Wildman–Crippen LogP) is 5.21. The minimum absolute atomic E-state index is 0.0832. The van der Waals surface area contributed by atoms with Crippen molar-refractivity contribution in [1.82, 2.24) is 15.0 Å². The number of hydrogen-bond donors (Lipinski definition) is 2. The minimum Gasteiger partial charge on any atom is -0.441 e. The summed E-state index contributed by atoms with van der Waals surface area (Å²) in [7, 11) is -3.79. The van der Waals surface area contributed by atoms with Crippen LogP contribution in [0.4, 0.5) is 4.79 Å². The highest BCUT2D eigenvalue weighted by Crippen LogP contribution is 2.39. The van der Waals surface area contributed by atoms with E-state index in [4.69, 9.17) is 19.2 Å². The van der Waals surface area contributed by atoms with Crippen molar-refractivity contribution >= 4 is 27.5 Å². The number of carbonyl (C=O) groups is 1. The fraction of sp³-hybridized carbons (Fsp3) is 0.643. The Labute approximate surface area is 236 Å². The first kappa shape index (κ1) is 29.9. The summed E-state index contributed by atoms with van der Waals surface area (Å²) in [5, 5.41) is 3.97. The van der Waals surface area contributed by atoms with E-state index in [0.717, 1.165) is 41.1 Å². The zero-order valence-corrected chi connectivity index (χ0v) is 25.1. The molecule has 11 heteroatoms. The summed E-state index contributed by atoms with van der Waals surface area (Å²) >= 11 is 1.54. The van der Waals surface area contributed by atoms with Gasteiger partial charge < -0.3 is 19.5 Å². The highest BCUT2D eigenvalue weighted by atomic mass is 32.2. The Morgan fingerprint density at radius 2 is 1.90 bits per heavy atom. The second kappa shape index (κ2) is 12.6. The smallest absolute Gasteiger partial charge is 0.407 e. The Bertz CT molecular complexity index is 1230. The van der Waals surface area contributed by atoms with Gasteiger partial charge in [-0.15, -0.1) is 11.3 Å². The van der Waals surface area contributed by atoms with Crippen LogP contribution in [-0.2, 0) is 30.8 Å². The Morgan fingerprint density at radius 1 is 1.18 bits per heavy atom. The average molecular weight is 580 g/mol. The standard InChI is InChI=1S/C28H41N3O6S2/c1-18(2)14-35-15-19-6-11-23(25(12-19)39(33,34)31-28(3,4)5)24-13-29-26(38-24)20-7-9-21(10-8-20)30-27(32)37-22-16-36-17-22/h6,11-13,18,20-22,31H,7-10,14-17H2,1-5H3,(H,30,32). The molecule has 1 amide bonds. The lowest BCUT2D eigenvalue weighted by molar-refractivity contribution is -0.0985. The van der Waals surface area contributed by atoms with Crippen LogP contribution in [0.25, 0.3) is 10.4 Å². The molecule has 0 bridgehead atoms. The molecule has 0 unspecified atom stereocenters. The molecule has 216 valence electrons. The SMILES string of the molecule is CC(C)COCc1ccc(-c2cnc(C3CCC(NC(=O)OC4COC4)CC3)s2)c(S(=O)(=O)NC(C)(C)C)c1. The van der Waals surface area contributed by atoms with Crippen molar-refractivity contribution in [3.8, 4) is 10.4 Å². The van der Waals surface area contributed by atoms with Gasteiger partial charge in [0.15, 0.2) is 6.10 Å². The van der Waals surface area contributed by atoms with Gasteiger partial charge in [0.05, 0.1) is 34.6 Å². The van der Waals surface area contributed by atoms with Crippen LogP contribution < -0.4 is 10.0 Å². The molecule has 39 heavy (non-hydrogen) atoms. The van der Waals surface area contributed by atoms with Gasteiger partial charge in [-0.2, -0.15) is 0 Å². The van der Waals surface area contributed by atoms with E-state index in [9.17, 15) is 13.2 Å². The van der Waals surface area contributed by atoms with E-state index >= 15 is 0 Å². The highest BCUT2D eigenvalue weighted by Gasteiger charge is 2.30. The molecule has 1 saturated carbocycles. The number of hydrogen-bond acceptors (Lipinski definition) is 8. The third-order valence-electron chi connectivity index (χ3n) is 6.56. The lowest BCUT2D eigenvalue weighted by Crippen LogP contribution is -2.44. The van der Waals surface area contributed by atoms with Gasteiger partial charge >= 0.3 is 6.09 Å². The normalized spacial score (nSPS) is 20.6. The van der Waals surface area contributed by atoms with Gasteiger partial charge in [0, 0.05) is 35.9 Å². The zero-order chi connectivity index (χ0) is 28.2. The maximum absolute atomic E-state index is 13.5. The molecule has 2 aromatic rings. The maximum atomic E-state index is 13.5. The molecule has 1 aliphatic heterocycles. The first-order valence-corrected chi connectivity index (χ1v) is 15.9. The third-order valence-corrected chi connectivity index (χ3v) is 9.56. The molecule has 2 fully saturated rings. The van der Waals surface area contributed by atoms with Crippen molar-refractivity contribution in [2.75, 3.05) is 19.8 Å². The Hall–Kier alpha value is -2.05. The number of amides is 1. The summed E-state index contributed by atoms with van der Waals surface area (Å²) in [5.41, 5.74) is 0.831. The van der Waals surface area contributed by atoms with Crippen LogP contribution in [0.2, 0.25) is 0 Å². The van der Waals surface area contributed by atoms with Gasteiger partial charge in [-0.25, -0.2) is 22.9 Å². The zero-order valence-electron chi connectivity index (χ0n) is 23.5. The van der Waals surface area contributed by atoms with E-state index in [2.05, 4.69) is 23.9 Å². The number of aromatic nitrogens is 1. The molecular formula is C28H41N3O6S2. The molecule has 0 atom stereocenters. The first-order chi connectivity index (χ1) is 18.4. The van der Waals surface area contributed by atoms with Gasteiger partial charge in [-0.1, -0.05) is 26.0 Å². The van der Waals surface area contributed by atoms with Gasteiger partial charge in [0.25, 0.3) is 0 Å². The molecular weight excluding hydrogens is 538 g/mol. The Morgan fingerprint density at radius 3 is 2.51 bits per heavy atom. The van der Waals surface area contributed by atoms with Crippen molar-refractivity contribution in [2.24, 2.45) is 5.92 Å². The van der Waals surface area contributed by atoms with Gasteiger partial charge in [-0.05, 0) is 64.0 Å². The molecule has 2 heterocycles. The van der Waals surface area contributed by atoms with E-state index in [1.165, 1.54) is 0 Å². The Kier molecular flexibility index (Phi) is 9.69. The molecule has 1 saturated heterocycles. The fourth-order valence-electron chi connectivity index (χ4n) is 4.67. The summed E-state index contributed by atoms with van der Waals surface area (Å²) in [6.45, 7) is 11.5. The van der Waals surface area contributed by atoms with Crippen LogP contribution in [0.1, 0.15) is 76.8 Å². The van der Waals surface area contributed by atoms with Crippen LogP contribution in [0.15, 0.2) is 29.3 Å². The number of rotatable bonds is 10. The monoisotopic (exact) mass is 579 g/mol. The average Bonchev–Trinajstić information content (AvgIpc) is 3.30. The van der Waals surface area contributed by atoms with Gasteiger partial charge in [0.2, 0.25) is 10.0 Å². The summed E-state index contributed by atoms with van der Waals surface area (Å²) in [5.74, 6) is 0.669. The number of benzene rings is 1. The molecule has 0 spiro atoms. The molecule has 9 nitrogen and oxygen atoms in total. The molecule has 0 radical (unpaired) electrons. The largest absolute Gasteiger partial charge is 0.441 e. The van der Waals surface area contributed by atoms with E-state index in [1.807, 2.05) is 32.9 Å². The van der Waals surface area contributed by atoms with Crippen molar-refractivity contribution in [3.05, 3.63) is 35.0 Å². The summed E-state index contributed by atoms with van der Waals surface area (Å²) in [6.07, 6.45) is 4.75. The maximum Gasteiger partial charge on any atom is 0.407 e. The predicted molar refractivity (Wildman–Crippen MR) is 151 cm³/mol. The van der Waals surface area contributed by atoms with Crippen LogP contribution in [0.5, 0.6) is 0 Å². The molecule has 1 aliphatic carbocycles. The van der Waals surface area contributed by atoms with E-state index in [-0.39, 0.29) is 29.1 Å². The third kappa shape index (κ3) is 8.47. The summed E-state index contributed by atoms with van der Waals surface area (Å²) in [6, 6.07) is 5.59. The topological polar surface area (TPSA) is 116 Å². The van der Waals surface area contributed by atoms with E-state index < -0.39 is 15.6 Å². The number of sulfonamides is 1. The van der Waals surface area contributed by atoms with Crippen LogP contribution in [0.3, 0.4) is 0 Å². The second-order valence-electron chi connectivity index (χ2n) is 11.9. The number of nitrogens with one attached hydrogen (secondary N) is 2. The Balaban J connectivity index is 1.47. The number of nitrogens with zero attached hydrogens (tertiary/aromatic N) is 1. The van der Waals surface area contributed by atoms with Gasteiger partial charge in [-0.3, -0.25) is 0 Å². The first-order valence-electron chi connectivity index (χ1n) is 13.7. The van der Waals surface area contributed by atoms with Crippen LogP contribution in [-0.4, -0.2) is 57.0 Å².